The summed E-state index contributed by atoms with van der Waals surface area (Å²) in [5.41, 5.74) is 7.09. The van der Waals surface area contributed by atoms with E-state index < -0.39 is 33.0 Å². The van der Waals surface area contributed by atoms with Gasteiger partial charge in [-0.2, -0.15) is 0 Å². The number of benzene rings is 1. The van der Waals surface area contributed by atoms with Gasteiger partial charge in [0.2, 0.25) is 10.0 Å². The van der Waals surface area contributed by atoms with E-state index >= 15 is 0 Å². The van der Waals surface area contributed by atoms with Crippen molar-refractivity contribution in [2.24, 2.45) is 11.6 Å². The highest BCUT2D eigenvalue weighted by Gasteiger charge is 2.20. The number of aryl methyl sites for hydroxylation is 2. The number of hydrazine groups is 1. The number of nitrogens with two attached hydrogens (primary N) is 2. The number of hydrogen-bond acceptors (Lipinski definition) is 7. The molecule has 0 radical (unpaired) electrons. The van der Waals surface area contributed by atoms with E-state index in [2.05, 4.69) is 14.7 Å². The number of imidazole rings is 1. The number of hydrogen-bond donors (Lipinski definition) is 3. The minimum absolute atomic E-state index is 0.0807. The van der Waals surface area contributed by atoms with Gasteiger partial charge in [0.15, 0.2) is 11.6 Å². The number of rotatable bonds is 8. The summed E-state index contributed by atoms with van der Waals surface area (Å²) in [6, 6.07) is 3.63. The summed E-state index contributed by atoms with van der Waals surface area (Å²) >= 11 is 0. The van der Waals surface area contributed by atoms with Gasteiger partial charge >= 0.3 is 0 Å². The third-order valence-corrected chi connectivity index (χ3v) is 6.16. The summed E-state index contributed by atoms with van der Waals surface area (Å²) in [5, 5.41) is 0.664. The number of nitrogens with zero attached hydrogens (tertiary/aromatic N) is 4. The molecule has 0 saturated heterocycles. The molecule has 0 aliphatic carbocycles. The molecule has 0 unspecified atom stereocenters. The van der Waals surface area contributed by atoms with E-state index in [4.69, 9.17) is 11.6 Å². The molecule has 2 heterocycles. The monoisotopic (exact) mass is 477 g/mol. The van der Waals surface area contributed by atoms with Gasteiger partial charge < -0.3 is 10.3 Å². The van der Waals surface area contributed by atoms with E-state index in [1.165, 1.54) is 6.20 Å². The predicted octanol–water partition coefficient (Wildman–Crippen LogP) is 2.95. The van der Waals surface area contributed by atoms with Crippen LogP contribution in [-0.4, -0.2) is 28.7 Å². The first-order chi connectivity index (χ1) is 15.5. The maximum atomic E-state index is 15.0. The lowest BCUT2D eigenvalue weighted by molar-refractivity contribution is 0.580. The lowest BCUT2D eigenvalue weighted by Crippen LogP contribution is -2.28. The van der Waals surface area contributed by atoms with Crippen LogP contribution in [0.4, 0.5) is 20.2 Å². The molecule has 0 spiro atoms. The average molecular weight is 478 g/mol. The van der Waals surface area contributed by atoms with Gasteiger partial charge in [-0.1, -0.05) is 6.92 Å². The molecule has 0 aliphatic heterocycles. The number of anilines is 2. The van der Waals surface area contributed by atoms with Crippen molar-refractivity contribution in [1.82, 2.24) is 14.5 Å². The maximum absolute atomic E-state index is 15.0. The summed E-state index contributed by atoms with van der Waals surface area (Å²) < 4.78 is 57.3. The summed E-state index contributed by atoms with van der Waals surface area (Å²) in [6.07, 6.45) is 6.39. The molecule has 176 valence electrons. The summed E-state index contributed by atoms with van der Waals surface area (Å²) in [5.74, 6) is 4.27. The molecule has 0 bridgehead atoms. The molecule has 0 atom stereocenters. The molecule has 0 fully saturated rings. The van der Waals surface area contributed by atoms with Crippen LogP contribution in [0.5, 0.6) is 0 Å². The topological polar surface area (TPSA) is 132 Å². The first-order valence-corrected chi connectivity index (χ1v) is 11.7. The van der Waals surface area contributed by atoms with Crippen molar-refractivity contribution in [3.05, 3.63) is 71.7 Å². The smallest absolute Gasteiger partial charge is 0.232 e. The van der Waals surface area contributed by atoms with E-state index in [1.807, 2.05) is 24.6 Å². The largest absolute Gasteiger partial charge is 0.397 e. The third-order valence-electron chi connectivity index (χ3n) is 4.68. The molecule has 0 amide bonds. The lowest BCUT2D eigenvalue weighted by atomic mass is 10.2. The van der Waals surface area contributed by atoms with Crippen LogP contribution in [0.1, 0.15) is 30.4 Å². The van der Waals surface area contributed by atoms with Crippen molar-refractivity contribution >= 4 is 27.1 Å². The van der Waals surface area contributed by atoms with Crippen LogP contribution in [0, 0.1) is 25.5 Å². The first kappa shape index (κ1) is 24.1. The fourth-order valence-corrected chi connectivity index (χ4v) is 4.36. The highest BCUT2D eigenvalue weighted by Crippen LogP contribution is 2.29. The third kappa shape index (κ3) is 5.46. The molecule has 1 aromatic carbocycles. The fourth-order valence-electron chi connectivity index (χ4n) is 3.23. The van der Waals surface area contributed by atoms with Crippen LogP contribution in [0.3, 0.4) is 0 Å². The van der Waals surface area contributed by atoms with Crippen LogP contribution >= 0.6 is 0 Å². The van der Waals surface area contributed by atoms with Gasteiger partial charge in [0.25, 0.3) is 0 Å². The molecule has 33 heavy (non-hydrogen) atoms. The second-order valence-corrected chi connectivity index (χ2v) is 9.24. The Labute approximate surface area is 190 Å². The quantitative estimate of drug-likeness (QED) is 0.336. The fraction of sp³-hybridized carbons (Fsp3) is 0.238. The van der Waals surface area contributed by atoms with Gasteiger partial charge in [-0.15, -0.1) is 0 Å². The Morgan fingerprint density at radius 1 is 1.27 bits per heavy atom. The van der Waals surface area contributed by atoms with Gasteiger partial charge in [-0.05, 0) is 38.5 Å². The second-order valence-electron chi connectivity index (χ2n) is 7.40. The van der Waals surface area contributed by atoms with E-state index in [0.717, 1.165) is 29.9 Å². The highest BCUT2D eigenvalue weighted by atomic mass is 32.2. The van der Waals surface area contributed by atoms with Gasteiger partial charge in [0.05, 0.1) is 34.7 Å². The van der Waals surface area contributed by atoms with Crippen LogP contribution < -0.4 is 21.3 Å². The number of nitrogens with one attached hydrogen (secondary N) is 1. The normalized spacial score (nSPS) is 12.1. The number of halogens is 2. The summed E-state index contributed by atoms with van der Waals surface area (Å²) in [7, 11) is -3.79. The van der Waals surface area contributed by atoms with E-state index in [0.29, 0.717) is 22.7 Å². The molecular weight excluding hydrogens is 452 g/mol. The van der Waals surface area contributed by atoms with Crippen molar-refractivity contribution in [1.29, 1.82) is 0 Å². The van der Waals surface area contributed by atoms with Crippen molar-refractivity contribution < 1.29 is 17.2 Å². The number of aromatic nitrogens is 3. The Bertz CT molecular complexity index is 1310. The molecule has 2 aromatic heterocycles. The zero-order valence-corrected chi connectivity index (χ0v) is 19.2. The van der Waals surface area contributed by atoms with Crippen LogP contribution in [0.2, 0.25) is 0 Å². The van der Waals surface area contributed by atoms with E-state index in [-0.39, 0.29) is 11.4 Å². The Kier molecular flexibility index (Phi) is 6.98. The van der Waals surface area contributed by atoms with Gasteiger partial charge in [-0.25, -0.2) is 28.0 Å². The lowest BCUT2D eigenvalue weighted by Gasteiger charge is -2.19. The van der Waals surface area contributed by atoms with Crippen molar-refractivity contribution in [3.63, 3.8) is 0 Å². The maximum Gasteiger partial charge on any atom is 0.232 e. The Morgan fingerprint density at radius 3 is 2.64 bits per heavy atom. The second kappa shape index (κ2) is 9.55. The first-order valence-electron chi connectivity index (χ1n) is 10.0. The Morgan fingerprint density at radius 2 is 2.00 bits per heavy atom. The zero-order chi connectivity index (χ0) is 24.3. The molecule has 0 saturated carbocycles. The molecule has 9 nitrogen and oxygen atoms in total. The molecule has 0 aliphatic rings. The van der Waals surface area contributed by atoms with Crippen LogP contribution in [0.25, 0.3) is 11.4 Å². The van der Waals surface area contributed by atoms with Gasteiger partial charge in [0.1, 0.15) is 11.5 Å². The minimum atomic E-state index is -3.79. The highest BCUT2D eigenvalue weighted by molar-refractivity contribution is 7.92. The zero-order valence-electron chi connectivity index (χ0n) is 18.4. The van der Waals surface area contributed by atoms with Crippen molar-refractivity contribution in [3.8, 4) is 5.69 Å². The Balaban J connectivity index is 1.94. The van der Waals surface area contributed by atoms with E-state index in [9.17, 15) is 17.2 Å². The van der Waals surface area contributed by atoms with Gasteiger partial charge in [0, 0.05) is 24.2 Å². The standard InChI is InChI=1S/C21H25F2N7O2S/c1-4-7-33(31,32)28-19-6-5-17(22)21(20(19)23)30(25)12-18(24)15-8-16(10-26-9-15)29-11-13(2)27-14(29)3/h5-6,8-12,28H,4,7,24-25H2,1-3H3/b18-12-. The summed E-state index contributed by atoms with van der Waals surface area (Å²) in [4.78, 5) is 8.51. The SMILES string of the molecule is CCCS(=O)(=O)Nc1ccc(F)c(N(N)/C=C(\N)c2cncc(-n3cc(C)nc3C)c2)c1F. The summed E-state index contributed by atoms with van der Waals surface area (Å²) in [6.45, 7) is 5.37. The van der Waals surface area contributed by atoms with Crippen molar-refractivity contribution in [2.75, 3.05) is 15.5 Å². The van der Waals surface area contributed by atoms with Crippen molar-refractivity contribution in [2.45, 2.75) is 27.2 Å². The molecular formula is C21H25F2N7O2S. The molecule has 5 N–H and O–H groups in total. The Hall–Kier alpha value is -3.51. The molecule has 12 heteroatoms. The molecule has 3 rings (SSSR count). The van der Waals surface area contributed by atoms with Crippen LogP contribution in [0.15, 0.2) is 43.0 Å². The average Bonchev–Trinajstić information content (AvgIpc) is 3.08. The van der Waals surface area contributed by atoms with Crippen LogP contribution in [-0.2, 0) is 10.0 Å². The van der Waals surface area contributed by atoms with Gasteiger partial charge in [-0.3, -0.25) is 14.7 Å². The molecule has 3 aromatic rings. The predicted molar refractivity (Wildman–Crippen MR) is 124 cm³/mol. The number of sulfonamides is 1. The van der Waals surface area contributed by atoms with E-state index in [1.54, 1.807) is 19.2 Å². The minimum Gasteiger partial charge on any atom is -0.397 e. The number of pyridine rings is 1.